The fourth-order valence-electron chi connectivity index (χ4n) is 1.19. The topological polar surface area (TPSA) is 58.0 Å². The van der Waals surface area contributed by atoms with E-state index in [0.29, 0.717) is 11.3 Å². The highest BCUT2D eigenvalue weighted by atomic mass is 19.4. The van der Waals surface area contributed by atoms with E-state index in [1.165, 1.54) is 13.2 Å². The van der Waals surface area contributed by atoms with Gasteiger partial charge in [0.25, 0.3) is 0 Å². The van der Waals surface area contributed by atoms with Crippen molar-refractivity contribution in [1.29, 1.82) is 0 Å². The number of methoxy groups -OCH3 is 1. The number of rotatable bonds is 4. The van der Waals surface area contributed by atoms with Crippen LogP contribution in [0, 0.1) is 0 Å². The Morgan fingerprint density at radius 2 is 1.94 bits per heavy atom. The zero-order chi connectivity index (χ0) is 13.6. The first-order chi connectivity index (χ1) is 8.47. The van der Waals surface area contributed by atoms with Crippen LogP contribution >= 0.6 is 0 Å². The minimum Gasteiger partial charge on any atom is -0.497 e. The molecule has 0 radical (unpaired) electrons. The molecule has 18 heavy (non-hydrogen) atoms. The average Bonchev–Trinajstić information content (AvgIpc) is 2.33. The van der Waals surface area contributed by atoms with E-state index in [-0.39, 0.29) is 0 Å². The van der Waals surface area contributed by atoms with Gasteiger partial charge >= 0.3 is 6.18 Å². The summed E-state index contributed by atoms with van der Waals surface area (Å²) in [5.41, 5.74) is 8.63. The smallest absolute Gasteiger partial charge is 0.400 e. The number of azide groups is 1. The molecule has 0 aliphatic rings. The molecule has 4 nitrogen and oxygen atoms in total. The van der Waals surface area contributed by atoms with Crippen molar-refractivity contribution in [2.75, 3.05) is 7.11 Å². The van der Waals surface area contributed by atoms with Crippen molar-refractivity contribution >= 4 is 6.08 Å². The van der Waals surface area contributed by atoms with Crippen molar-refractivity contribution in [2.45, 2.75) is 12.2 Å². The van der Waals surface area contributed by atoms with Gasteiger partial charge in [-0.05, 0) is 23.2 Å². The van der Waals surface area contributed by atoms with E-state index in [4.69, 9.17) is 10.3 Å². The van der Waals surface area contributed by atoms with Crippen LogP contribution in [0.15, 0.2) is 35.5 Å². The minimum atomic E-state index is -4.59. The first kappa shape index (κ1) is 13.9. The Balaban J connectivity index is 2.85. The number of alkyl halides is 3. The first-order valence-electron chi connectivity index (χ1n) is 4.90. The molecule has 0 aliphatic carbocycles. The van der Waals surface area contributed by atoms with E-state index in [9.17, 15) is 13.2 Å². The highest BCUT2D eigenvalue weighted by Crippen LogP contribution is 2.25. The number of nitrogens with zero attached hydrogens (tertiary/aromatic N) is 3. The predicted octanol–water partition coefficient (Wildman–Crippen LogP) is 3.95. The third-order valence-electron chi connectivity index (χ3n) is 2.10. The Labute approximate surface area is 101 Å². The van der Waals surface area contributed by atoms with E-state index in [1.54, 1.807) is 24.3 Å². The van der Waals surface area contributed by atoms with Gasteiger partial charge in [-0.1, -0.05) is 29.4 Å². The van der Waals surface area contributed by atoms with Crippen LogP contribution in [0.25, 0.3) is 16.5 Å². The number of benzene rings is 1. The van der Waals surface area contributed by atoms with Crippen molar-refractivity contribution < 1.29 is 17.9 Å². The van der Waals surface area contributed by atoms with Gasteiger partial charge in [-0.15, -0.1) is 0 Å². The molecule has 1 aromatic rings. The zero-order valence-electron chi connectivity index (χ0n) is 9.43. The Bertz CT molecular complexity index is 461. The Hall–Kier alpha value is -2.14. The lowest BCUT2D eigenvalue weighted by molar-refractivity contribution is -0.136. The molecular weight excluding hydrogens is 247 g/mol. The summed E-state index contributed by atoms with van der Waals surface area (Å²) in [5.74, 6) is 0.606. The summed E-state index contributed by atoms with van der Waals surface area (Å²) < 4.78 is 42.1. The molecule has 0 N–H and O–H groups in total. The summed E-state index contributed by atoms with van der Waals surface area (Å²) >= 11 is 0. The number of hydrogen-bond donors (Lipinski definition) is 0. The van der Waals surface area contributed by atoms with Gasteiger partial charge in [-0.3, -0.25) is 0 Å². The van der Waals surface area contributed by atoms with Crippen LogP contribution < -0.4 is 4.74 Å². The highest BCUT2D eigenvalue weighted by molar-refractivity contribution is 5.51. The molecule has 1 aromatic carbocycles. The van der Waals surface area contributed by atoms with Crippen LogP contribution in [0.5, 0.6) is 5.75 Å². The van der Waals surface area contributed by atoms with Gasteiger partial charge in [-0.2, -0.15) is 13.2 Å². The zero-order valence-corrected chi connectivity index (χ0v) is 9.43. The second-order valence-electron chi connectivity index (χ2n) is 3.32. The monoisotopic (exact) mass is 257 g/mol. The Morgan fingerprint density at radius 3 is 2.39 bits per heavy atom. The van der Waals surface area contributed by atoms with Gasteiger partial charge < -0.3 is 4.74 Å². The van der Waals surface area contributed by atoms with E-state index >= 15 is 0 Å². The van der Waals surface area contributed by atoms with E-state index < -0.39 is 12.2 Å². The molecule has 0 saturated heterocycles. The molecule has 96 valence electrons. The van der Waals surface area contributed by atoms with Gasteiger partial charge in [0, 0.05) is 4.91 Å². The van der Waals surface area contributed by atoms with E-state index in [2.05, 4.69) is 10.0 Å². The van der Waals surface area contributed by atoms with Gasteiger partial charge in [-0.25, -0.2) is 0 Å². The number of ether oxygens (including phenoxy) is 1. The summed E-state index contributed by atoms with van der Waals surface area (Å²) in [7, 11) is 1.49. The standard InChI is InChI=1S/C11H10F3N3O/c1-18-9-5-2-8(3-6-9)4-7-10(16-17-15)11(12,13)14/h2-7,10H,1H3. The van der Waals surface area contributed by atoms with Crippen molar-refractivity contribution in [1.82, 2.24) is 0 Å². The summed E-state index contributed by atoms with van der Waals surface area (Å²) in [5, 5.41) is 2.69. The molecule has 1 unspecified atom stereocenters. The Morgan fingerprint density at radius 1 is 1.33 bits per heavy atom. The fourth-order valence-corrected chi connectivity index (χ4v) is 1.19. The molecule has 0 aromatic heterocycles. The molecule has 0 amide bonds. The van der Waals surface area contributed by atoms with Crippen molar-refractivity contribution in [2.24, 2.45) is 5.11 Å². The molecule has 1 atom stereocenters. The lowest BCUT2D eigenvalue weighted by atomic mass is 10.1. The lowest BCUT2D eigenvalue weighted by Crippen LogP contribution is -2.24. The molecule has 0 heterocycles. The van der Waals surface area contributed by atoms with Gasteiger partial charge in [0.1, 0.15) is 5.75 Å². The average molecular weight is 257 g/mol. The summed E-state index contributed by atoms with van der Waals surface area (Å²) in [4.78, 5) is 2.18. The van der Waals surface area contributed by atoms with E-state index in [1.807, 2.05) is 0 Å². The van der Waals surface area contributed by atoms with Crippen LogP contribution in [0.3, 0.4) is 0 Å². The Kier molecular flexibility index (Phi) is 4.62. The SMILES string of the molecule is COc1ccc(C=CC(N=[N+]=[N-])C(F)(F)F)cc1. The largest absolute Gasteiger partial charge is 0.497 e. The van der Waals surface area contributed by atoms with Crippen LogP contribution in [0.4, 0.5) is 13.2 Å². The molecule has 0 saturated carbocycles. The summed E-state index contributed by atoms with van der Waals surface area (Å²) in [6.07, 6.45) is -2.54. The van der Waals surface area contributed by atoms with Crippen molar-refractivity contribution in [3.63, 3.8) is 0 Å². The predicted molar refractivity (Wildman–Crippen MR) is 61.0 cm³/mol. The molecule has 7 heteroatoms. The van der Waals surface area contributed by atoms with Gasteiger partial charge in [0.15, 0.2) is 6.04 Å². The second-order valence-corrected chi connectivity index (χ2v) is 3.32. The van der Waals surface area contributed by atoms with Crippen molar-refractivity contribution in [3.8, 4) is 5.75 Å². The van der Waals surface area contributed by atoms with Crippen molar-refractivity contribution in [3.05, 3.63) is 46.3 Å². The molecular formula is C11H10F3N3O. The molecule has 0 aliphatic heterocycles. The quantitative estimate of drug-likeness (QED) is 0.457. The van der Waals surface area contributed by atoms with E-state index in [0.717, 1.165) is 6.08 Å². The molecule has 1 rings (SSSR count). The number of hydrogen-bond acceptors (Lipinski definition) is 2. The highest BCUT2D eigenvalue weighted by Gasteiger charge is 2.36. The summed E-state index contributed by atoms with van der Waals surface area (Å²) in [6.45, 7) is 0. The third kappa shape index (κ3) is 4.03. The number of halogens is 3. The van der Waals surface area contributed by atoms with Crippen LogP contribution in [0.2, 0.25) is 0 Å². The molecule has 0 bridgehead atoms. The second kappa shape index (κ2) is 5.97. The summed E-state index contributed by atoms with van der Waals surface area (Å²) in [6, 6.07) is 4.27. The normalized spacial score (nSPS) is 13.1. The van der Waals surface area contributed by atoms with Crippen LogP contribution in [-0.2, 0) is 0 Å². The van der Waals surface area contributed by atoms with Gasteiger partial charge in [0.05, 0.1) is 7.11 Å². The first-order valence-corrected chi connectivity index (χ1v) is 4.90. The minimum absolute atomic E-state index is 0.554. The lowest BCUT2D eigenvalue weighted by Gasteiger charge is -2.10. The molecule has 0 fully saturated rings. The maximum Gasteiger partial charge on any atom is 0.400 e. The fraction of sp³-hybridized carbons (Fsp3) is 0.273. The maximum absolute atomic E-state index is 12.4. The molecule has 0 spiro atoms. The van der Waals surface area contributed by atoms with Gasteiger partial charge in [0.2, 0.25) is 0 Å². The maximum atomic E-state index is 12.4. The van der Waals surface area contributed by atoms with Crippen LogP contribution in [-0.4, -0.2) is 19.3 Å². The van der Waals surface area contributed by atoms with Crippen LogP contribution in [0.1, 0.15) is 5.56 Å². The third-order valence-corrected chi connectivity index (χ3v) is 2.10.